The Labute approximate surface area is 155 Å². The highest BCUT2D eigenvalue weighted by Gasteiger charge is 2.39. The fraction of sp³-hybridized carbons (Fsp3) is 0.333. The molecule has 3 aliphatic rings. The van der Waals surface area contributed by atoms with Gasteiger partial charge in [-0.15, -0.1) is 0 Å². The average Bonchev–Trinajstić information content (AvgIpc) is 3.27. The molecule has 4 rings (SSSR count). The minimum Gasteiger partial charge on any atom is -0.496 e. The van der Waals surface area contributed by atoms with E-state index in [9.17, 15) is 4.79 Å². The summed E-state index contributed by atoms with van der Waals surface area (Å²) in [5.41, 5.74) is 1.91. The third-order valence-electron chi connectivity index (χ3n) is 4.34. The number of hydrogen-bond acceptors (Lipinski definition) is 8. The van der Waals surface area contributed by atoms with Gasteiger partial charge >= 0.3 is 5.97 Å². The molecule has 3 heterocycles. The number of carbonyl (C=O) groups excluding carboxylic acids is 1. The van der Waals surface area contributed by atoms with Crippen molar-refractivity contribution in [1.82, 2.24) is 4.90 Å². The first-order chi connectivity index (χ1) is 12.6. The number of fused-ring (bicyclic) bond motifs is 2. The van der Waals surface area contributed by atoms with Crippen LogP contribution in [0, 0.1) is 0 Å². The van der Waals surface area contributed by atoms with E-state index in [1.54, 1.807) is 20.1 Å². The van der Waals surface area contributed by atoms with Gasteiger partial charge < -0.3 is 23.8 Å². The quantitative estimate of drug-likeness (QED) is 0.750. The Balaban J connectivity index is 1.88. The lowest BCUT2D eigenvalue weighted by Gasteiger charge is -2.34. The van der Waals surface area contributed by atoms with Crippen molar-refractivity contribution in [2.75, 3.05) is 20.5 Å². The molecule has 0 saturated carbocycles. The molecule has 136 valence electrons. The minimum atomic E-state index is -0.419. The maximum Gasteiger partial charge on any atom is 0.338 e. The van der Waals surface area contributed by atoms with Crippen LogP contribution < -0.4 is 14.2 Å². The predicted molar refractivity (Wildman–Crippen MR) is 97.2 cm³/mol. The number of ether oxygens (including phenoxy) is 4. The van der Waals surface area contributed by atoms with Gasteiger partial charge in [-0.1, -0.05) is 11.8 Å². The lowest BCUT2D eigenvalue weighted by atomic mass is 9.93. The summed E-state index contributed by atoms with van der Waals surface area (Å²) in [6, 6.07) is 3.23. The Morgan fingerprint density at radius 1 is 1.38 bits per heavy atom. The van der Waals surface area contributed by atoms with Gasteiger partial charge in [0.2, 0.25) is 6.79 Å². The zero-order valence-corrected chi connectivity index (χ0v) is 15.5. The fourth-order valence-corrected chi connectivity index (χ4v) is 4.00. The summed E-state index contributed by atoms with van der Waals surface area (Å²) in [5, 5.41) is 2.74. The van der Waals surface area contributed by atoms with E-state index in [0.29, 0.717) is 35.1 Å². The summed E-state index contributed by atoms with van der Waals surface area (Å²) in [7, 11) is 1.59. The zero-order chi connectivity index (χ0) is 18.3. The predicted octanol–water partition coefficient (Wildman–Crippen LogP) is 3.19. The molecular weight excluding hydrogens is 356 g/mol. The van der Waals surface area contributed by atoms with Crippen molar-refractivity contribution in [2.45, 2.75) is 19.9 Å². The summed E-state index contributed by atoms with van der Waals surface area (Å²) in [5.74, 6) is 1.48. The van der Waals surface area contributed by atoms with Gasteiger partial charge in [0.15, 0.2) is 16.7 Å². The number of nitrogens with zero attached hydrogens (tertiary/aromatic N) is 2. The third kappa shape index (κ3) is 2.61. The monoisotopic (exact) mass is 374 g/mol. The molecule has 0 N–H and O–H groups in total. The third-order valence-corrected chi connectivity index (χ3v) is 5.11. The number of esters is 1. The maximum absolute atomic E-state index is 12.7. The Morgan fingerprint density at radius 2 is 2.15 bits per heavy atom. The highest BCUT2D eigenvalue weighted by molar-refractivity contribution is 8.16. The molecule has 1 unspecified atom stereocenters. The molecule has 0 fully saturated rings. The van der Waals surface area contributed by atoms with Crippen molar-refractivity contribution in [3.05, 3.63) is 40.6 Å². The normalized spacial score (nSPS) is 20.2. The van der Waals surface area contributed by atoms with Crippen LogP contribution in [0.25, 0.3) is 0 Å². The lowest BCUT2D eigenvalue weighted by molar-refractivity contribution is -0.139. The van der Waals surface area contributed by atoms with Crippen LogP contribution >= 0.6 is 11.8 Å². The molecule has 7 nitrogen and oxygen atoms in total. The molecule has 1 aromatic rings. The van der Waals surface area contributed by atoms with Crippen LogP contribution in [-0.2, 0) is 9.53 Å². The first kappa shape index (κ1) is 16.8. The standard InChI is InChI=1S/C18H18N2O5S/c1-4-23-17(21)15-10(2)19-18-20(5-6-26-18)16(15)11-7-13-14(25-9-24-13)8-12(11)22-3/h5-8,16H,4,9H2,1-3H3. The van der Waals surface area contributed by atoms with E-state index in [4.69, 9.17) is 18.9 Å². The van der Waals surface area contributed by atoms with Crippen LogP contribution in [0.2, 0.25) is 0 Å². The number of hydrogen-bond donors (Lipinski definition) is 0. The molecule has 1 atom stereocenters. The number of amidine groups is 1. The van der Waals surface area contributed by atoms with Crippen molar-refractivity contribution in [1.29, 1.82) is 0 Å². The molecule has 1 aromatic carbocycles. The number of aliphatic imine (C=N–C) groups is 1. The van der Waals surface area contributed by atoms with Crippen LogP contribution in [0.1, 0.15) is 25.5 Å². The summed E-state index contributed by atoms with van der Waals surface area (Å²) < 4.78 is 21.9. The van der Waals surface area contributed by atoms with Gasteiger partial charge in [0.25, 0.3) is 0 Å². The Hall–Kier alpha value is -2.61. The summed E-state index contributed by atoms with van der Waals surface area (Å²) in [6.45, 7) is 4.06. The number of rotatable bonds is 4. The Morgan fingerprint density at radius 3 is 2.88 bits per heavy atom. The Bertz CT molecular complexity index is 861. The number of allylic oxidation sites excluding steroid dienone is 1. The topological polar surface area (TPSA) is 69.6 Å². The number of methoxy groups -OCH3 is 1. The van der Waals surface area contributed by atoms with Gasteiger partial charge in [-0.2, -0.15) is 0 Å². The number of carbonyl (C=O) groups is 1. The smallest absolute Gasteiger partial charge is 0.338 e. The van der Waals surface area contributed by atoms with E-state index in [1.165, 1.54) is 11.8 Å². The molecule has 0 saturated heterocycles. The zero-order valence-electron chi connectivity index (χ0n) is 14.6. The van der Waals surface area contributed by atoms with Crippen LogP contribution in [0.3, 0.4) is 0 Å². The van der Waals surface area contributed by atoms with Gasteiger partial charge in [0.05, 0.1) is 31.0 Å². The molecule has 3 aliphatic heterocycles. The van der Waals surface area contributed by atoms with E-state index in [-0.39, 0.29) is 12.8 Å². The van der Waals surface area contributed by atoms with Crippen molar-refractivity contribution < 1.29 is 23.7 Å². The summed E-state index contributed by atoms with van der Waals surface area (Å²) in [4.78, 5) is 19.2. The van der Waals surface area contributed by atoms with Crippen molar-refractivity contribution in [2.24, 2.45) is 4.99 Å². The molecule has 0 aromatic heterocycles. The lowest BCUT2D eigenvalue weighted by Crippen LogP contribution is -2.34. The highest BCUT2D eigenvalue weighted by Crippen LogP contribution is 2.47. The van der Waals surface area contributed by atoms with Crippen LogP contribution in [-0.4, -0.2) is 36.5 Å². The van der Waals surface area contributed by atoms with E-state index in [1.807, 2.05) is 29.5 Å². The second kappa shape index (κ2) is 6.60. The molecule has 0 spiro atoms. The van der Waals surface area contributed by atoms with Gasteiger partial charge in [-0.05, 0) is 25.3 Å². The van der Waals surface area contributed by atoms with Crippen molar-refractivity contribution >= 4 is 22.9 Å². The van der Waals surface area contributed by atoms with E-state index < -0.39 is 6.04 Å². The molecule has 0 amide bonds. The number of thioether (sulfide) groups is 1. The molecule has 26 heavy (non-hydrogen) atoms. The summed E-state index contributed by atoms with van der Waals surface area (Å²) >= 11 is 1.51. The van der Waals surface area contributed by atoms with Crippen LogP contribution in [0.4, 0.5) is 0 Å². The first-order valence-electron chi connectivity index (χ1n) is 8.19. The van der Waals surface area contributed by atoms with E-state index in [2.05, 4.69) is 4.99 Å². The second-order valence-electron chi connectivity index (χ2n) is 5.77. The summed E-state index contributed by atoms with van der Waals surface area (Å²) in [6.07, 6.45) is 1.91. The maximum atomic E-state index is 12.7. The SMILES string of the molecule is CCOC(=O)C1=C(C)N=C2SC=CN2C1c1cc2c(cc1OC)OCO2. The van der Waals surface area contributed by atoms with E-state index in [0.717, 1.165) is 10.7 Å². The van der Waals surface area contributed by atoms with E-state index >= 15 is 0 Å². The first-order valence-corrected chi connectivity index (χ1v) is 9.07. The largest absolute Gasteiger partial charge is 0.496 e. The molecule has 8 heteroatoms. The van der Waals surface area contributed by atoms with Crippen molar-refractivity contribution in [3.8, 4) is 17.2 Å². The van der Waals surface area contributed by atoms with Gasteiger partial charge in [0.1, 0.15) is 5.75 Å². The van der Waals surface area contributed by atoms with Crippen LogP contribution in [0.5, 0.6) is 17.2 Å². The Kier molecular flexibility index (Phi) is 4.28. The molecular formula is C18H18N2O5S. The molecule has 0 aliphatic carbocycles. The van der Waals surface area contributed by atoms with Gasteiger partial charge in [0, 0.05) is 17.8 Å². The minimum absolute atomic E-state index is 0.165. The van der Waals surface area contributed by atoms with Crippen molar-refractivity contribution in [3.63, 3.8) is 0 Å². The average molecular weight is 374 g/mol. The fourth-order valence-electron chi connectivity index (χ4n) is 3.21. The molecule has 0 radical (unpaired) electrons. The van der Waals surface area contributed by atoms with Crippen LogP contribution in [0.15, 0.2) is 40.0 Å². The van der Waals surface area contributed by atoms with Gasteiger partial charge in [-0.3, -0.25) is 0 Å². The van der Waals surface area contributed by atoms with Gasteiger partial charge in [-0.25, -0.2) is 9.79 Å². The number of benzene rings is 1. The highest BCUT2D eigenvalue weighted by atomic mass is 32.2. The molecule has 0 bridgehead atoms. The second-order valence-corrected chi connectivity index (χ2v) is 6.65.